The molecule has 4 aromatic carbocycles. The normalized spacial score (nSPS) is 12.8. The van der Waals surface area contributed by atoms with E-state index in [-0.39, 0.29) is 24.8 Å². The second kappa shape index (κ2) is 21.6. The molecule has 0 bridgehead atoms. The first-order chi connectivity index (χ1) is 26.9. The Labute approximate surface area is 351 Å². The Bertz CT molecular complexity index is 1970. The lowest BCUT2D eigenvalue weighted by molar-refractivity contribution is 0.201. The van der Waals surface area contributed by atoms with Crippen molar-refractivity contribution in [1.29, 1.82) is 0 Å². The summed E-state index contributed by atoms with van der Waals surface area (Å²) in [4.78, 5) is 9.87. The summed E-state index contributed by atoms with van der Waals surface area (Å²) in [7, 11) is 9.84. The molecule has 0 amide bonds. The number of nitrogens with zero attached hydrogens (tertiary/aromatic N) is 3. The summed E-state index contributed by atoms with van der Waals surface area (Å²) in [5, 5.41) is 0. The van der Waals surface area contributed by atoms with Crippen LogP contribution in [0.1, 0.15) is 49.3 Å². The quantitative estimate of drug-likeness (QED) is 0.0912. The summed E-state index contributed by atoms with van der Waals surface area (Å²) in [5.41, 5.74) is 9.05. The minimum atomic E-state index is 0. The number of hydrogen-bond donors (Lipinski definition) is 0. The minimum absolute atomic E-state index is 0. The van der Waals surface area contributed by atoms with Crippen molar-refractivity contribution in [3.8, 4) is 56.9 Å². The van der Waals surface area contributed by atoms with Crippen molar-refractivity contribution in [1.82, 2.24) is 9.88 Å². The molecule has 0 radical (unpaired) electrons. The summed E-state index contributed by atoms with van der Waals surface area (Å²) in [6.45, 7) is 5.85. The van der Waals surface area contributed by atoms with E-state index in [1.807, 2.05) is 30.5 Å². The number of benzene rings is 4. The number of ether oxygens (including phenoxy) is 6. The molecule has 1 aliphatic heterocycles. The standard InChI is InChI=1S/C46H55N3O6.2ClH/c1-8-9-12-32-15-17-37(18-16-32)49(31-34-13-10-11-14-39(34)35-26-41(50-2)45(54-6)42(27-35)51-3)38-20-23-48(24-21-38)30-33-19-22-47-40(25-33)36-28-43(52-4)46(55-7)44(29-36)53-5;;/h10-11,13-19,22,25-29,38H,8-9,12,20-21,23-24,30-31H2,1-7H3;2*1H. The van der Waals surface area contributed by atoms with E-state index in [2.05, 4.69) is 77.4 Å². The average molecular weight is 819 g/mol. The Morgan fingerprint density at radius 1 is 0.649 bits per heavy atom. The third-order valence-corrected chi connectivity index (χ3v) is 10.6. The molecular weight excluding hydrogens is 761 g/mol. The first-order valence-electron chi connectivity index (χ1n) is 19.1. The van der Waals surface area contributed by atoms with Crippen LogP contribution in [-0.2, 0) is 19.5 Å². The van der Waals surface area contributed by atoms with Gasteiger partial charge in [-0.3, -0.25) is 9.88 Å². The minimum Gasteiger partial charge on any atom is -0.493 e. The molecule has 1 aliphatic rings. The van der Waals surface area contributed by atoms with Gasteiger partial charge in [-0.2, -0.15) is 0 Å². The van der Waals surface area contributed by atoms with E-state index in [0.29, 0.717) is 40.5 Å². The van der Waals surface area contributed by atoms with Crippen molar-refractivity contribution in [3.05, 3.63) is 108 Å². The number of aryl methyl sites for hydroxylation is 1. The molecule has 1 aromatic heterocycles. The second-order valence-corrected chi connectivity index (χ2v) is 13.9. The molecule has 1 fully saturated rings. The Morgan fingerprint density at radius 2 is 1.21 bits per heavy atom. The van der Waals surface area contributed by atoms with E-state index in [1.54, 1.807) is 42.7 Å². The number of likely N-dealkylation sites (tertiary alicyclic amines) is 1. The van der Waals surface area contributed by atoms with Crippen LogP contribution in [0.15, 0.2) is 91.1 Å². The van der Waals surface area contributed by atoms with E-state index in [0.717, 1.165) is 67.8 Å². The maximum absolute atomic E-state index is 5.74. The highest BCUT2D eigenvalue weighted by atomic mass is 35.5. The van der Waals surface area contributed by atoms with Crippen LogP contribution in [0, 0.1) is 0 Å². The van der Waals surface area contributed by atoms with Gasteiger partial charge in [0.05, 0.1) is 48.4 Å². The number of hydrogen-bond acceptors (Lipinski definition) is 9. The predicted molar refractivity (Wildman–Crippen MR) is 235 cm³/mol. The zero-order valence-corrected chi connectivity index (χ0v) is 35.8. The molecule has 1 saturated heterocycles. The first-order valence-corrected chi connectivity index (χ1v) is 19.1. The number of methoxy groups -OCH3 is 6. The lowest BCUT2D eigenvalue weighted by Gasteiger charge is -2.40. The van der Waals surface area contributed by atoms with Crippen LogP contribution >= 0.6 is 24.8 Å². The van der Waals surface area contributed by atoms with Crippen molar-refractivity contribution >= 4 is 30.5 Å². The molecule has 0 atom stereocenters. The topological polar surface area (TPSA) is 74.8 Å². The zero-order valence-electron chi connectivity index (χ0n) is 34.2. The van der Waals surface area contributed by atoms with Crippen molar-refractivity contribution in [2.75, 3.05) is 60.6 Å². The smallest absolute Gasteiger partial charge is 0.203 e. The largest absolute Gasteiger partial charge is 0.493 e. The molecule has 2 heterocycles. The highest BCUT2D eigenvalue weighted by Gasteiger charge is 2.27. The number of unbranched alkanes of at least 4 members (excludes halogenated alkanes) is 1. The summed E-state index contributed by atoms with van der Waals surface area (Å²) in [6, 6.07) is 30.5. The van der Waals surface area contributed by atoms with Gasteiger partial charge >= 0.3 is 0 Å². The highest BCUT2D eigenvalue weighted by Crippen LogP contribution is 2.43. The fourth-order valence-corrected chi connectivity index (χ4v) is 7.63. The van der Waals surface area contributed by atoms with Crippen LogP contribution in [0.4, 0.5) is 5.69 Å². The molecule has 6 rings (SSSR count). The van der Waals surface area contributed by atoms with Crippen LogP contribution < -0.4 is 33.3 Å². The van der Waals surface area contributed by atoms with E-state index < -0.39 is 0 Å². The number of rotatable bonds is 17. The van der Waals surface area contributed by atoms with Crippen LogP contribution in [0.5, 0.6) is 34.5 Å². The second-order valence-electron chi connectivity index (χ2n) is 13.9. The van der Waals surface area contributed by atoms with E-state index >= 15 is 0 Å². The van der Waals surface area contributed by atoms with Crippen molar-refractivity contribution in [3.63, 3.8) is 0 Å². The Balaban J connectivity index is 0.00000360. The first kappa shape index (κ1) is 44.9. The SMILES string of the molecule is CCCCc1ccc(N(Cc2ccccc2-c2cc(OC)c(OC)c(OC)c2)C2CCN(Cc3ccnc(-c4cc(OC)c(OC)c(OC)c4)c3)CC2)cc1.Cl.Cl. The van der Waals surface area contributed by atoms with Crippen LogP contribution in [0.2, 0.25) is 0 Å². The van der Waals surface area contributed by atoms with Crippen LogP contribution in [0.3, 0.4) is 0 Å². The molecule has 0 aliphatic carbocycles. The van der Waals surface area contributed by atoms with Gasteiger partial charge in [0.2, 0.25) is 11.5 Å². The monoisotopic (exact) mass is 817 g/mol. The van der Waals surface area contributed by atoms with Crippen molar-refractivity contribution in [2.24, 2.45) is 0 Å². The molecule has 57 heavy (non-hydrogen) atoms. The highest BCUT2D eigenvalue weighted by molar-refractivity contribution is 5.85. The van der Waals surface area contributed by atoms with Gasteiger partial charge in [-0.25, -0.2) is 0 Å². The lowest BCUT2D eigenvalue weighted by atomic mass is 9.96. The molecule has 0 spiro atoms. The number of aromatic nitrogens is 1. The molecule has 306 valence electrons. The van der Waals surface area contributed by atoms with Gasteiger partial charge in [0, 0.05) is 49.7 Å². The fraction of sp³-hybridized carbons (Fsp3) is 0.370. The molecular formula is C46H57Cl2N3O6. The molecule has 0 unspecified atom stereocenters. The molecule has 0 N–H and O–H groups in total. The third kappa shape index (κ3) is 10.6. The lowest BCUT2D eigenvalue weighted by Crippen LogP contribution is -2.44. The van der Waals surface area contributed by atoms with Gasteiger partial charge in [0.25, 0.3) is 0 Å². The number of halogens is 2. The Hall–Kier alpha value is -4.83. The molecule has 0 saturated carbocycles. The van der Waals surface area contributed by atoms with Gasteiger partial charge in [-0.05, 0) is 102 Å². The zero-order chi connectivity index (χ0) is 38.7. The number of anilines is 1. The van der Waals surface area contributed by atoms with Crippen molar-refractivity contribution in [2.45, 2.75) is 58.2 Å². The molecule has 11 heteroatoms. The summed E-state index contributed by atoms with van der Waals surface area (Å²) in [5.74, 6) is 3.66. The van der Waals surface area contributed by atoms with Crippen molar-refractivity contribution < 1.29 is 28.4 Å². The van der Waals surface area contributed by atoms with Gasteiger partial charge in [-0.1, -0.05) is 49.7 Å². The summed E-state index contributed by atoms with van der Waals surface area (Å²) < 4.78 is 33.9. The van der Waals surface area contributed by atoms with E-state index in [1.165, 1.54) is 35.2 Å². The van der Waals surface area contributed by atoms with E-state index in [9.17, 15) is 0 Å². The maximum Gasteiger partial charge on any atom is 0.203 e. The predicted octanol–water partition coefficient (Wildman–Crippen LogP) is 10.3. The third-order valence-electron chi connectivity index (χ3n) is 10.6. The van der Waals surface area contributed by atoms with Gasteiger partial charge in [-0.15, -0.1) is 24.8 Å². The van der Waals surface area contributed by atoms with Gasteiger partial charge < -0.3 is 33.3 Å². The van der Waals surface area contributed by atoms with Gasteiger partial charge in [0.1, 0.15) is 0 Å². The Kier molecular flexibility index (Phi) is 17.0. The van der Waals surface area contributed by atoms with Crippen LogP contribution in [0.25, 0.3) is 22.4 Å². The fourth-order valence-electron chi connectivity index (χ4n) is 7.63. The molecule has 5 aromatic rings. The van der Waals surface area contributed by atoms with E-state index in [4.69, 9.17) is 33.4 Å². The summed E-state index contributed by atoms with van der Waals surface area (Å²) in [6.07, 6.45) is 7.48. The average Bonchev–Trinajstić information content (AvgIpc) is 3.24. The molecule has 9 nitrogen and oxygen atoms in total. The van der Waals surface area contributed by atoms with Gasteiger partial charge in [0.15, 0.2) is 23.0 Å². The maximum atomic E-state index is 5.74. The van der Waals surface area contributed by atoms with Crippen LogP contribution in [-0.4, -0.2) is 71.7 Å². The number of piperidine rings is 1. The Morgan fingerprint density at radius 3 is 1.75 bits per heavy atom. The number of pyridine rings is 1. The summed E-state index contributed by atoms with van der Waals surface area (Å²) >= 11 is 0.